The molecule has 0 spiro atoms. The Labute approximate surface area is 112 Å². The normalized spacial score (nSPS) is 11.9. The average molecular weight is 255 g/mol. The number of pyridine rings is 1. The highest BCUT2D eigenvalue weighted by atomic mass is 16.2. The third-order valence-corrected chi connectivity index (χ3v) is 3.07. The van der Waals surface area contributed by atoms with E-state index in [1.165, 1.54) is 4.90 Å². The molecule has 1 atom stereocenters. The van der Waals surface area contributed by atoms with E-state index >= 15 is 0 Å². The second-order valence-electron chi connectivity index (χ2n) is 4.50. The first kappa shape index (κ1) is 13.2. The van der Waals surface area contributed by atoms with Gasteiger partial charge in [0.2, 0.25) is 5.91 Å². The van der Waals surface area contributed by atoms with E-state index in [1.807, 2.05) is 37.3 Å². The van der Waals surface area contributed by atoms with E-state index in [0.29, 0.717) is 0 Å². The van der Waals surface area contributed by atoms with Crippen molar-refractivity contribution in [3.63, 3.8) is 0 Å². The first-order valence-electron chi connectivity index (χ1n) is 6.09. The second kappa shape index (κ2) is 5.63. The molecule has 1 amide bonds. The molecule has 98 valence electrons. The summed E-state index contributed by atoms with van der Waals surface area (Å²) >= 11 is 0. The summed E-state index contributed by atoms with van der Waals surface area (Å²) in [5, 5.41) is 0. The molecule has 2 aromatic rings. The van der Waals surface area contributed by atoms with Crippen molar-refractivity contribution in [2.24, 2.45) is 5.73 Å². The van der Waals surface area contributed by atoms with E-state index in [9.17, 15) is 4.79 Å². The van der Waals surface area contributed by atoms with Gasteiger partial charge in [-0.1, -0.05) is 29.8 Å². The molecule has 0 aliphatic carbocycles. The molecule has 1 unspecified atom stereocenters. The third-order valence-electron chi connectivity index (χ3n) is 3.07. The van der Waals surface area contributed by atoms with Gasteiger partial charge in [0.1, 0.15) is 6.04 Å². The van der Waals surface area contributed by atoms with E-state index in [4.69, 9.17) is 5.73 Å². The highest BCUT2D eigenvalue weighted by Crippen LogP contribution is 2.17. The van der Waals surface area contributed by atoms with Crippen LogP contribution in [-0.4, -0.2) is 17.9 Å². The third kappa shape index (κ3) is 2.98. The SMILES string of the molecule is Cc1ccc(C(N)C(=O)N(C)c2cccnc2)cc1. The molecule has 19 heavy (non-hydrogen) atoms. The molecular formula is C15H17N3O. The van der Waals surface area contributed by atoms with Crippen molar-refractivity contribution in [2.75, 3.05) is 11.9 Å². The van der Waals surface area contributed by atoms with Crippen LogP contribution < -0.4 is 10.6 Å². The molecule has 0 radical (unpaired) electrons. The number of amides is 1. The van der Waals surface area contributed by atoms with Gasteiger partial charge < -0.3 is 10.6 Å². The lowest BCUT2D eigenvalue weighted by Gasteiger charge is -2.21. The minimum absolute atomic E-state index is 0.156. The van der Waals surface area contributed by atoms with Crippen molar-refractivity contribution in [3.05, 3.63) is 59.9 Å². The Bertz CT molecular complexity index is 551. The van der Waals surface area contributed by atoms with Crippen LogP contribution in [0, 0.1) is 6.92 Å². The summed E-state index contributed by atoms with van der Waals surface area (Å²) in [6.07, 6.45) is 3.31. The number of aryl methyl sites for hydroxylation is 1. The van der Waals surface area contributed by atoms with Gasteiger partial charge in [0.15, 0.2) is 0 Å². The Balaban J connectivity index is 2.17. The number of carbonyl (C=O) groups excluding carboxylic acids is 1. The molecule has 0 bridgehead atoms. The Morgan fingerprint density at radius 3 is 2.53 bits per heavy atom. The van der Waals surface area contributed by atoms with Gasteiger partial charge in [-0.3, -0.25) is 9.78 Å². The number of hydrogen-bond donors (Lipinski definition) is 1. The van der Waals surface area contributed by atoms with Gasteiger partial charge >= 0.3 is 0 Å². The van der Waals surface area contributed by atoms with E-state index in [2.05, 4.69) is 4.98 Å². The maximum absolute atomic E-state index is 12.3. The summed E-state index contributed by atoms with van der Waals surface area (Å²) in [6, 6.07) is 10.6. The van der Waals surface area contributed by atoms with Crippen molar-refractivity contribution < 1.29 is 4.79 Å². The second-order valence-corrected chi connectivity index (χ2v) is 4.50. The minimum Gasteiger partial charge on any atom is -0.316 e. The number of rotatable bonds is 3. The topological polar surface area (TPSA) is 59.2 Å². The fourth-order valence-electron chi connectivity index (χ4n) is 1.80. The highest BCUT2D eigenvalue weighted by molar-refractivity contribution is 5.97. The molecule has 4 nitrogen and oxygen atoms in total. The number of nitrogens with zero attached hydrogens (tertiary/aromatic N) is 2. The molecule has 2 N–H and O–H groups in total. The Hall–Kier alpha value is -2.20. The summed E-state index contributed by atoms with van der Waals surface area (Å²) in [4.78, 5) is 17.8. The van der Waals surface area contributed by atoms with Crippen molar-refractivity contribution >= 4 is 11.6 Å². The molecule has 2 rings (SSSR count). The zero-order chi connectivity index (χ0) is 13.8. The zero-order valence-corrected chi connectivity index (χ0v) is 11.1. The number of likely N-dealkylation sites (N-methyl/N-ethyl adjacent to an activating group) is 1. The number of benzene rings is 1. The van der Waals surface area contributed by atoms with Crippen LogP contribution in [0.15, 0.2) is 48.8 Å². The molecule has 4 heteroatoms. The van der Waals surface area contributed by atoms with Gasteiger partial charge in [-0.15, -0.1) is 0 Å². The smallest absolute Gasteiger partial charge is 0.248 e. The van der Waals surface area contributed by atoms with Gasteiger partial charge in [0, 0.05) is 13.2 Å². The van der Waals surface area contributed by atoms with Crippen LogP contribution >= 0.6 is 0 Å². The summed E-state index contributed by atoms with van der Waals surface area (Å²) in [7, 11) is 1.70. The van der Waals surface area contributed by atoms with Crippen LogP contribution in [0.1, 0.15) is 17.2 Å². The van der Waals surface area contributed by atoms with Gasteiger partial charge in [0.25, 0.3) is 0 Å². The van der Waals surface area contributed by atoms with E-state index in [-0.39, 0.29) is 5.91 Å². The summed E-state index contributed by atoms with van der Waals surface area (Å²) in [6.45, 7) is 2.00. The van der Waals surface area contributed by atoms with E-state index in [0.717, 1.165) is 16.8 Å². The predicted molar refractivity (Wildman–Crippen MR) is 75.8 cm³/mol. The summed E-state index contributed by atoms with van der Waals surface area (Å²) in [5.74, 6) is -0.156. The lowest BCUT2D eigenvalue weighted by Crippen LogP contribution is -2.35. The van der Waals surface area contributed by atoms with Crippen LogP contribution in [0.4, 0.5) is 5.69 Å². The van der Waals surface area contributed by atoms with Crippen molar-refractivity contribution in [2.45, 2.75) is 13.0 Å². The maximum Gasteiger partial charge on any atom is 0.248 e. The monoisotopic (exact) mass is 255 g/mol. The van der Waals surface area contributed by atoms with Gasteiger partial charge in [-0.25, -0.2) is 0 Å². The first-order chi connectivity index (χ1) is 9.09. The van der Waals surface area contributed by atoms with Crippen LogP contribution in [0.3, 0.4) is 0 Å². The zero-order valence-electron chi connectivity index (χ0n) is 11.1. The fourth-order valence-corrected chi connectivity index (χ4v) is 1.80. The molecule has 0 aliphatic heterocycles. The van der Waals surface area contributed by atoms with Crippen molar-refractivity contribution in [1.29, 1.82) is 0 Å². The van der Waals surface area contributed by atoms with E-state index < -0.39 is 6.04 Å². The Morgan fingerprint density at radius 2 is 1.95 bits per heavy atom. The van der Waals surface area contributed by atoms with Gasteiger partial charge in [0.05, 0.1) is 11.9 Å². The lowest BCUT2D eigenvalue weighted by atomic mass is 10.0. The van der Waals surface area contributed by atoms with Crippen LogP contribution in [-0.2, 0) is 4.79 Å². The molecule has 1 aromatic carbocycles. The molecule has 0 fully saturated rings. The standard InChI is InChI=1S/C15H17N3O/c1-11-5-7-12(8-6-11)14(16)15(19)18(2)13-4-3-9-17-10-13/h3-10,14H,16H2,1-2H3. The minimum atomic E-state index is -0.661. The molecule has 0 saturated carbocycles. The number of nitrogens with two attached hydrogens (primary N) is 1. The quantitative estimate of drug-likeness (QED) is 0.913. The molecule has 0 saturated heterocycles. The number of hydrogen-bond acceptors (Lipinski definition) is 3. The van der Waals surface area contributed by atoms with Crippen molar-refractivity contribution in [3.8, 4) is 0 Å². The van der Waals surface area contributed by atoms with Crippen LogP contribution in [0.5, 0.6) is 0 Å². The number of aromatic nitrogens is 1. The number of anilines is 1. The number of carbonyl (C=O) groups is 1. The average Bonchev–Trinajstić information content (AvgIpc) is 2.46. The highest BCUT2D eigenvalue weighted by Gasteiger charge is 2.20. The van der Waals surface area contributed by atoms with E-state index in [1.54, 1.807) is 25.5 Å². The fraction of sp³-hybridized carbons (Fsp3) is 0.200. The van der Waals surface area contributed by atoms with Crippen LogP contribution in [0.2, 0.25) is 0 Å². The Morgan fingerprint density at radius 1 is 1.26 bits per heavy atom. The molecular weight excluding hydrogens is 238 g/mol. The molecule has 0 aliphatic rings. The van der Waals surface area contributed by atoms with Crippen LogP contribution in [0.25, 0.3) is 0 Å². The Kier molecular flexibility index (Phi) is 3.92. The largest absolute Gasteiger partial charge is 0.316 e. The molecule has 1 aromatic heterocycles. The maximum atomic E-state index is 12.3. The first-order valence-corrected chi connectivity index (χ1v) is 6.09. The van der Waals surface area contributed by atoms with Gasteiger partial charge in [-0.2, -0.15) is 0 Å². The molecule has 1 heterocycles. The summed E-state index contributed by atoms with van der Waals surface area (Å²) in [5.41, 5.74) is 8.70. The predicted octanol–water partition coefficient (Wildman–Crippen LogP) is 2.05. The van der Waals surface area contributed by atoms with Crippen molar-refractivity contribution in [1.82, 2.24) is 4.98 Å². The summed E-state index contributed by atoms with van der Waals surface area (Å²) < 4.78 is 0. The van der Waals surface area contributed by atoms with Gasteiger partial charge in [-0.05, 0) is 24.6 Å². The lowest BCUT2D eigenvalue weighted by molar-refractivity contribution is -0.119.